The van der Waals surface area contributed by atoms with Crippen LogP contribution >= 0.6 is 15.9 Å². The maximum absolute atomic E-state index is 5.96. The molecule has 0 saturated carbocycles. The molecule has 0 aliphatic heterocycles. The topological polar surface area (TPSA) is 9.23 Å². The fraction of sp³-hybridized carbons (Fsp3) is 0.250. The summed E-state index contributed by atoms with van der Waals surface area (Å²) in [6, 6.07) is 8.23. The van der Waals surface area contributed by atoms with Gasteiger partial charge < -0.3 is 4.74 Å². The summed E-state index contributed by atoms with van der Waals surface area (Å²) in [7, 11) is 0. The molecule has 0 aliphatic carbocycles. The molecule has 1 unspecified atom stereocenters. The van der Waals surface area contributed by atoms with Crippen molar-refractivity contribution in [2.45, 2.75) is 25.9 Å². The highest BCUT2D eigenvalue weighted by molar-refractivity contribution is 9.10. The number of benzene rings is 1. The van der Waals surface area contributed by atoms with Gasteiger partial charge >= 0.3 is 0 Å². The molecule has 0 N–H and O–H groups in total. The van der Waals surface area contributed by atoms with E-state index in [9.17, 15) is 0 Å². The molecular weight excluding hydrogens is 288 g/mol. The number of hydrogen-bond acceptors (Lipinski definition) is 1. The molecule has 0 amide bonds. The third-order valence-corrected chi connectivity index (χ3v) is 3.08. The van der Waals surface area contributed by atoms with Crippen molar-refractivity contribution in [2.75, 3.05) is 0 Å². The van der Waals surface area contributed by atoms with Crippen LogP contribution in [0.4, 0.5) is 0 Å². The van der Waals surface area contributed by atoms with Gasteiger partial charge in [-0.15, -0.1) is 0 Å². The standard InChI is InChI=1S/C16H19BrO/c1-4-7-15(6-3)18-16(8-5-2)13-9-11-14(17)12-10-13/h4,6-7,9-12,16H,1,3,5,8H2,2H3/b15-7+. The van der Waals surface area contributed by atoms with Crippen LogP contribution in [0.5, 0.6) is 0 Å². The Morgan fingerprint density at radius 3 is 2.50 bits per heavy atom. The normalized spacial score (nSPS) is 12.9. The van der Waals surface area contributed by atoms with E-state index in [1.54, 1.807) is 12.2 Å². The monoisotopic (exact) mass is 306 g/mol. The van der Waals surface area contributed by atoms with E-state index in [1.807, 2.05) is 18.2 Å². The largest absolute Gasteiger partial charge is 0.486 e. The van der Waals surface area contributed by atoms with Crippen LogP contribution in [0, 0.1) is 0 Å². The second-order valence-electron chi connectivity index (χ2n) is 3.96. The lowest BCUT2D eigenvalue weighted by atomic mass is 10.1. The van der Waals surface area contributed by atoms with Crippen LogP contribution in [0.3, 0.4) is 0 Å². The number of ether oxygens (including phenoxy) is 1. The van der Waals surface area contributed by atoms with Crippen molar-refractivity contribution in [1.29, 1.82) is 0 Å². The maximum Gasteiger partial charge on any atom is 0.124 e. The highest BCUT2D eigenvalue weighted by Crippen LogP contribution is 2.27. The molecule has 2 heteroatoms. The third-order valence-electron chi connectivity index (χ3n) is 2.55. The van der Waals surface area contributed by atoms with E-state index in [0.29, 0.717) is 0 Å². The van der Waals surface area contributed by atoms with Crippen molar-refractivity contribution < 1.29 is 4.74 Å². The van der Waals surface area contributed by atoms with E-state index in [2.05, 4.69) is 48.1 Å². The second kappa shape index (κ2) is 7.93. The molecule has 0 saturated heterocycles. The van der Waals surface area contributed by atoms with Crippen molar-refractivity contribution in [1.82, 2.24) is 0 Å². The predicted molar refractivity (Wildman–Crippen MR) is 81.4 cm³/mol. The fourth-order valence-corrected chi connectivity index (χ4v) is 1.93. The van der Waals surface area contributed by atoms with E-state index in [4.69, 9.17) is 4.74 Å². The lowest BCUT2D eigenvalue weighted by Crippen LogP contribution is -2.03. The van der Waals surface area contributed by atoms with E-state index >= 15 is 0 Å². The van der Waals surface area contributed by atoms with Gasteiger partial charge in [-0.1, -0.05) is 60.6 Å². The lowest BCUT2D eigenvalue weighted by molar-refractivity contribution is 0.117. The van der Waals surface area contributed by atoms with E-state index in [-0.39, 0.29) is 6.10 Å². The summed E-state index contributed by atoms with van der Waals surface area (Å²) in [6.45, 7) is 9.58. The molecule has 0 bridgehead atoms. The van der Waals surface area contributed by atoms with Crippen LogP contribution in [-0.2, 0) is 4.74 Å². The van der Waals surface area contributed by atoms with Gasteiger partial charge in [0, 0.05) is 4.47 Å². The molecular formula is C16H19BrO. The number of rotatable bonds is 7. The van der Waals surface area contributed by atoms with Gasteiger partial charge in [0.1, 0.15) is 11.9 Å². The fourth-order valence-electron chi connectivity index (χ4n) is 1.67. The van der Waals surface area contributed by atoms with Gasteiger partial charge in [-0.3, -0.25) is 0 Å². The molecule has 0 aromatic heterocycles. The first kappa shape index (κ1) is 14.8. The van der Waals surface area contributed by atoms with Crippen molar-refractivity contribution in [3.8, 4) is 0 Å². The van der Waals surface area contributed by atoms with Gasteiger partial charge in [0.05, 0.1) is 0 Å². The molecule has 18 heavy (non-hydrogen) atoms. The Morgan fingerprint density at radius 1 is 1.33 bits per heavy atom. The zero-order valence-electron chi connectivity index (χ0n) is 10.7. The first-order chi connectivity index (χ1) is 8.71. The van der Waals surface area contributed by atoms with Crippen LogP contribution < -0.4 is 0 Å². The van der Waals surface area contributed by atoms with Gasteiger partial charge in [-0.25, -0.2) is 0 Å². The average Bonchev–Trinajstić information content (AvgIpc) is 2.38. The van der Waals surface area contributed by atoms with Gasteiger partial charge in [0.2, 0.25) is 0 Å². The Balaban J connectivity index is 2.88. The Kier molecular flexibility index (Phi) is 6.51. The first-order valence-corrected chi connectivity index (χ1v) is 6.87. The highest BCUT2D eigenvalue weighted by Gasteiger charge is 2.12. The van der Waals surface area contributed by atoms with Crippen molar-refractivity contribution in [3.63, 3.8) is 0 Å². The van der Waals surface area contributed by atoms with Gasteiger partial charge in [-0.2, -0.15) is 0 Å². The van der Waals surface area contributed by atoms with E-state index in [1.165, 1.54) is 5.56 Å². The molecule has 1 nitrogen and oxygen atoms in total. The summed E-state index contributed by atoms with van der Waals surface area (Å²) in [5, 5.41) is 0. The molecule has 1 atom stereocenters. The Labute approximate surface area is 118 Å². The minimum atomic E-state index is 0.0623. The van der Waals surface area contributed by atoms with Crippen LogP contribution in [0.15, 0.2) is 65.9 Å². The van der Waals surface area contributed by atoms with Gasteiger partial charge in [0.25, 0.3) is 0 Å². The molecule has 0 spiro atoms. The van der Waals surface area contributed by atoms with E-state index in [0.717, 1.165) is 23.1 Å². The quantitative estimate of drug-likeness (QED) is 0.473. The molecule has 96 valence electrons. The zero-order valence-corrected chi connectivity index (χ0v) is 12.3. The van der Waals surface area contributed by atoms with Crippen LogP contribution in [0.25, 0.3) is 0 Å². The van der Waals surface area contributed by atoms with Crippen molar-refractivity contribution in [2.24, 2.45) is 0 Å². The van der Waals surface area contributed by atoms with Crippen LogP contribution in [0.2, 0.25) is 0 Å². The number of hydrogen-bond donors (Lipinski definition) is 0. The number of allylic oxidation sites excluding steroid dienone is 3. The Bertz CT molecular complexity index is 417. The van der Waals surface area contributed by atoms with Crippen LogP contribution in [0.1, 0.15) is 31.4 Å². The third kappa shape index (κ3) is 4.53. The van der Waals surface area contributed by atoms with E-state index < -0.39 is 0 Å². The van der Waals surface area contributed by atoms with Gasteiger partial charge in [0.15, 0.2) is 0 Å². The summed E-state index contributed by atoms with van der Waals surface area (Å²) in [5.41, 5.74) is 1.18. The van der Waals surface area contributed by atoms with Crippen molar-refractivity contribution in [3.05, 3.63) is 71.4 Å². The summed E-state index contributed by atoms with van der Waals surface area (Å²) in [5.74, 6) is 0.756. The molecule has 0 heterocycles. The molecule has 0 aliphatic rings. The van der Waals surface area contributed by atoms with Crippen molar-refractivity contribution >= 4 is 15.9 Å². The van der Waals surface area contributed by atoms with Crippen LogP contribution in [-0.4, -0.2) is 0 Å². The molecule has 0 radical (unpaired) electrons. The molecule has 0 fully saturated rings. The number of halogens is 1. The van der Waals surface area contributed by atoms with Gasteiger partial charge in [-0.05, 0) is 36.3 Å². The maximum atomic E-state index is 5.96. The molecule has 1 rings (SSSR count). The molecule has 1 aromatic carbocycles. The Hall–Kier alpha value is -1.28. The average molecular weight is 307 g/mol. The minimum absolute atomic E-state index is 0.0623. The lowest BCUT2D eigenvalue weighted by Gasteiger charge is -2.19. The summed E-state index contributed by atoms with van der Waals surface area (Å²) < 4.78 is 7.04. The SMILES string of the molecule is C=C/C=C(\C=C)OC(CCC)c1ccc(Br)cc1. The Morgan fingerprint density at radius 2 is 2.00 bits per heavy atom. The summed E-state index contributed by atoms with van der Waals surface area (Å²) in [6.07, 6.45) is 7.36. The summed E-state index contributed by atoms with van der Waals surface area (Å²) in [4.78, 5) is 0. The second-order valence-corrected chi connectivity index (χ2v) is 4.87. The minimum Gasteiger partial charge on any atom is -0.486 e. The first-order valence-electron chi connectivity index (χ1n) is 6.08. The smallest absolute Gasteiger partial charge is 0.124 e. The predicted octanol–water partition coefficient (Wildman–Crippen LogP) is 5.56. The zero-order chi connectivity index (χ0) is 13.4. The summed E-state index contributed by atoms with van der Waals surface area (Å²) >= 11 is 3.44. The molecule has 1 aromatic rings. The highest BCUT2D eigenvalue weighted by atomic mass is 79.9.